The van der Waals surface area contributed by atoms with Gasteiger partial charge in [0.05, 0.1) is 5.69 Å². The molecule has 0 saturated carbocycles. The molecule has 2 nitrogen and oxygen atoms in total. The van der Waals surface area contributed by atoms with Gasteiger partial charge in [-0.1, -0.05) is 18.2 Å². The molecule has 0 aliphatic carbocycles. The smallest absolute Gasteiger partial charge is 0.0516 e. The maximum absolute atomic E-state index is 3.54. The summed E-state index contributed by atoms with van der Waals surface area (Å²) >= 11 is 0. The molecular formula is C8H11N2. The lowest BCUT2D eigenvalue weighted by molar-refractivity contribution is 0.835. The Hall–Kier alpha value is -1.02. The number of benzene rings is 1. The maximum atomic E-state index is 3.54. The average Bonchev–Trinajstić information content (AvgIpc) is 2.05. The Morgan fingerprint density at radius 3 is 2.40 bits per heavy atom. The third kappa shape index (κ3) is 1.48. The second kappa shape index (κ2) is 3.22. The molecule has 53 valence electrons. The Morgan fingerprint density at radius 1 is 1.30 bits per heavy atom. The first-order chi connectivity index (χ1) is 4.84. The molecule has 0 aromatic heterocycles. The summed E-state index contributed by atoms with van der Waals surface area (Å²) in [5, 5.41) is 1.85. The van der Waals surface area contributed by atoms with Gasteiger partial charge in [-0.05, 0) is 12.1 Å². The Labute approximate surface area is 61.4 Å². The number of hydrogen-bond acceptors (Lipinski definition) is 2. The fourth-order valence-electron chi connectivity index (χ4n) is 0.743. The van der Waals surface area contributed by atoms with E-state index in [0.717, 1.165) is 5.69 Å². The van der Waals surface area contributed by atoms with Crippen molar-refractivity contribution < 1.29 is 0 Å². The van der Waals surface area contributed by atoms with Gasteiger partial charge in [-0.15, -0.1) is 0 Å². The van der Waals surface area contributed by atoms with Crippen LogP contribution in [0.1, 0.15) is 0 Å². The van der Waals surface area contributed by atoms with E-state index in [4.69, 9.17) is 0 Å². The molecule has 10 heavy (non-hydrogen) atoms. The molecule has 1 rings (SSSR count). The fourth-order valence-corrected chi connectivity index (χ4v) is 0.743. The zero-order chi connectivity index (χ0) is 7.40. The van der Waals surface area contributed by atoms with Crippen LogP contribution >= 0.6 is 0 Å². The molecule has 0 fully saturated rings. The van der Waals surface area contributed by atoms with Crippen LogP contribution in [-0.2, 0) is 0 Å². The van der Waals surface area contributed by atoms with Crippen LogP contribution < -0.4 is 10.4 Å². The maximum Gasteiger partial charge on any atom is 0.0516 e. The predicted molar refractivity (Wildman–Crippen MR) is 43.3 cm³/mol. The van der Waals surface area contributed by atoms with Gasteiger partial charge in [-0.25, -0.2) is 5.43 Å². The first kappa shape index (κ1) is 7.09. The highest BCUT2D eigenvalue weighted by molar-refractivity contribution is 5.43. The van der Waals surface area contributed by atoms with Gasteiger partial charge in [0.2, 0.25) is 0 Å². The Kier molecular flexibility index (Phi) is 2.29. The molecule has 1 aromatic rings. The van der Waals surface area contributed by atoms with Gasteiger partial charge < -0.3 is 5.01 Å². The molecule has 0 unspecified atom stereocenters. The molecule has 0 spiro atoms. The van der Waals surface area contributed by atoms with Crippen molar-refractivity contribution >= 4 is 5.69 Å². The second-order valence-electron chi connectivity index (χ2n) is 2.05. The van der Waals surface area contributed by atoms with E-state index in [-0.39, 0.29) is 0 Å². The lowest BCUT2D eigenvalue weighted by Gasteiger charge is -2.16. The molecule has 0 aliphatic rings. The van der Waals surface area contributed by atoms with E-state index in [9.17, 15) is 0 Å². The van der Waals surface area contributed by atoms with Gasteiger partial charge in [0.25, 0.3) is 0 Å². The largest absolute Gasteiger partial charge is 0.311 e. The average molecular weight is 135 g/mol. The van der Waals surface area contributed by atoms with Gasteiger partial charge >= 0.3 is 0 Å². The Balaban J connectivity index is 2.75. The van der Waals surface area contributed by atoms with Crippen LogP contribution in [0.5, 0.6) is 0 Å². The third-order valence-corrected chi connectivity index (χ3v) is 1.38. The number of nitrogens with one attached hydrogen (secondary N) is 1. The molecule has 0 amide bonds. The van der Waals surface area contributed by atoms with Crippen LogP contribution in [0.4, 0.5) is 5.69 Å². The van der Waals surface area contributed by atoms with E-state index < -0.39 is 0 Å². The molecule has 1 N–H and O–H groups in total. The SMILES string of the molecule is [CH2]NN(C)c1ccccc1. The summed E-state index contributed by atoms with van der Waals surface area (Å²) < 4.78 is 0. The van der Waals surface area contributed by atoms with Gasteiger partial charge in [0.15, 0.2) is 0 Å². The summed E-state index contributed by atoms with van der Waals surface area (Å²) in [6, 6.07) is 9.99. The lowest BCUT2D eigenvalue weighted by atomic mass is 10.3. The Bertz CT molecular complexity index is 184. The van der Waals surface area contributed by atoms with Gasteiger partial charge in [-0.3, -0.25) is 0 Å². The zero-order valence-electron chi connectivity index (χ0n) is 6.04. The summed E-state index contributed by atoms with van der Waals surface area (Å²) in [6.45, 7) is 0. The van der Waals surface area contributed by atoms with E-state index in [1.807, 2.05) is 42.4 Å². The van der Waals surface area contributed by atoms with Crippen molar-refractivity contribution in [1.29, 1.82) is 0 Å². The topological polar surface area (TPSA) is 15.3 Å². The minimum Gasteiger partial charge on any atom is -0.311 e. The van der Waals surface area contributed by atoms with Crippen molar-refractivity contribution in [1.82, 2.24) is 5.43 Å². The van der Waals surface area contributed by atoms with E-state index >= 15 is 0 Å². The predicted octanol–water partition coefficient (Wildman–Crippen LogP) is 1.42. The van der Waals surface area contributed by atoms with Crippen molar-refractivity contribution in [3.8, 4) is 0 Å². The van der Waals surface area contributed by atoms with Crippen LogP contribution in [-0.4, -0.2) is 7.05 Å². The van der Waals surface area contributed by atoms with E-state index in [1.165, 1.54) is 0 Å². The van der Waals surface area contributed by atoms with Crippen LogP contribution in [0.3, 0.4) is 0 Å². The van der Waals surface area contributed by atoms with Crippen LogP contribution in [0.15, 0.2) is 30.3 Å². The minimum atomic E-state index is 1.11. The first-order valence-corrected chi connectivity index (χ1v) is 3.16. The summed E-state index contributed by atoms with van der Waals surface area (Å²) in [5.74, 6) is 0. The van der Waals surface area contributed by atoms with Crippen LogP contribution in [0.25, 0.3) is 0 Å². The standard InChI is InChI=1S/C8H11N2/c1-9-10(2)8-6-4-3-5-7-8/h3-7,9H,1H2,2H3. The number of nitrogens with zero attached hydrogens (tertiary/aromatic N) is 1. The lowest BCUT2D eigenvalue weighted by Crippen LogP contribution is -2.28. The molecule has 0 bridgehead atoms. The summed E-state index contributed by atoms with van der Waals surface area (Å²) in [7, 11) is 5.46. The summed E-state index contributed by atoms with van der Waals surface area (Å²) in [6.07, 6.45) is 0. The van der Waals surface area contributed by atoms with Gasteiger partial charge in [-0.2, -0.15) is 0 Å². The van der Waals surface area contributed by atoms with E-state index in [1.54, 1.807) is 0 Å². The molecule has 1 aromatic carbocycles. The van der Waals surface area contributed by atoms with Crippen LogP contribution in [0.2, 0.25) is 0 Å². The van der Waals surface area contributed by atoms with E-state index in [0.29, 0.717) is 0 Å². The summed E-state index contributed by atoms with van der Waals surface area (Å²) in [4.78, 5) is 0. The third-order valence-electron chi connectivity index (χ3n) is 1.38. The zero-order valence-corrected chi connectivity index (χ0v) is 6.04. The first-order valence-electron chi connectivity index (χ1n) is 3.16. The van der Waals surface area contributed by atoms with E-state index in [2.05, 4.69) is 12.5 Å². The van der Waals surface area contributed by atoms with Crippen LogP contribution in [0, 0.1) is 7.05 Å². The number of hydrazine groups is 1. The molecule has 1 radical (unpaired) electrons. The van der Waals surface area contributed by atoms with Crippen molar-refractivity contribution in [3.05, 3.63) is 37.4 Å². The highest BCUT2D eigenvalue weighted by atomic mass is 15.5. The molecular weight excluding hydrogens is 124 g/mol. The van der Waals surface area contributed by atoms with Gasteiger partial charge in [0, 0.05) is 14.1 Å². The van der Waals surface area contributed by atoms with Crippen molar-refractivity contribution in [2.45, 2.75) is 0 Å². The Morgan fingerprint density at radius 2 is 1.90 bits per heavy atom. The van der Waals surface area contributed by atoms with Crippen molar-refractivity contribution in [3.63, 3.8) is 0 Å². The number of hydrogen-bond donors (Lipinski definition) is 1. The number of anilines is 1. The number of rotatable bonds is 2. The second-order valence-corrected chi connectivity index (χ2v) is 2.05. The minimum absolute atomic E-state index is 1.11. The molecule has 0 aliphatic heterocycles. The normalized spacial score (nSPS) is 9.40. The highest BCUT2D eigenvalue weighted by Gasteiger charge is 1.92. The quantitative estimate of drug-likeness (QED) is 0.617. The molecule has 0 atom stereocenters. The van der Waals surface area contributed by atoms with Crippen molar-refractivity contribution in [2.75, 3.05) is 12.1 Å². The summed E-state index contributed by atoms with van der Waals surface area (Å²) in [5.41, 5.74) is 3.87. The van der Waals surface area contributed by atoms with Gasteiger partial charge in [0.1, 0.15) is 0 Å². The number of para-hydroxylation sites is 1. The fraction of sp³-hybridized carbons (Fsp3) is 0.125. The monoisotopic (exact) mass is 135 g/mol. The molecule has 0 heterocycles. The van der Waals surface area contributed by atoms with Crippen molar-refractivity contribution in [2.24, 2.45) is 0 Å². The highest BCUT2D eigenvalue weighted by Crippen LogP contribution is 2.07. The molecule has 0 saturated heterocycles. The molecule has 2 heteroatoms.